The maximum absolute atomic E-state index is 12.1. The van der Waals surface area contributed by atoms with Crippen molar-refractivity contribution in [3.63, 3.8) is 0 Å². The molecule has 5 nitrogen and oxygen atoms in total. The highest BCUT2D eigenvalue weighted by atomic mass is 16.3. The first-order valence-corrected chi connectivity index (χ1v) is 7.11. The fourth-order valence-corrected chi connectivity index (χ4v) is 2.72. The van der Waals surface area contributed by atoms with Gasteiger partial charge in [-0.15, -0.1) is 0 Å². The minimum absolute atomic E-state index is 0.0566. The van der Waals surface area contributed by atoms with Gasteiger partial charge in [0.2, 0.25) is 11.8 Å². The van der Waals surface area contributed by atoms with Crippen molar-refractivity contribution in [2.45, 2.75) is 46.1 Å². The first-order valence-electron chi connectivity index (χ1n) is 7.11. The molecule has 2 amide bonds. The van der Waals surface area contributed by atoms with E-state index in [0.717, 1.165) is 19.3 Å². The van der Waals surface area contributed by atoms with Crippen LogP contribution in [-0.2, 0) is 9.59 Å². The summed E-state index contributed by atoms with van der Waals surface area (Å²) in [6, 6.07) is -0.480. The second kappa shape index (κ2) is 7.48. The van der Waals surface area contributed by atoms with Gasteiger partial charge in [-0.05, 0) is 30.6 Å². The van der Waals surface area contributed by atoms with Gasteiger partial charge in [-0.2, -0.15) is 0 Å². The Hall–Kier alpha value is -1.10. The molecule has 1 aliphatic carbocycles. The summed E-state index contributed by atoms with van der Waals surface area (Å²) < 4.78 is 0. The van der Waals surface area contributed by atoms with E-state index in [1.165, 1.54) is 6.92 Å². The van der Waals surface area contributed by atoms with E-state index in [2.05, 4.69) is 10.6 Å². The van der Waals surface area contributed by atoms with Gasteiger partial charge in [-0.1, -0.05) is 20.3 Å². The molecule has 1 saturated carbocycles. The third kappa shape index (κ3) is 4.82. The highest BCUT2D eigenvalue weighted by Gasteiger charge is 2.28. The molecular weight excluding hydrogens is 244 g/mol. The molecule has 0 radical (unpaired) electrons. The second-order valence-corrected chi connectivity index (χ2v) is 5.80. The number of amides is 2. The van der Waals surface area contributed by atoms with Gasteiger partial charge >= 0.3 is 0 Å². The number of nitrogens with one attached hydrogen (secondary N) is 2. The fourth-order valence-electron chi connectivity index (χ4n) is 2.72. The van der Waals surface area contributed by atoms with E-state index in [1.807, 2.05) is 13.8 Å². The Morgan fingerprint density at radius 3 is 2.42 bits per heavy atom. The molecule has 1 rings (SSSR count). The van der Waals surface area contributed by atoms with Crippen molar-refractivity contribution in [2.24, 2.45) is 17.8 Å². The lowest BCUT2D eigenvalue weighted by molar-refractivity contribution is -0.129. The minimum atomic E-state index is -0.480. The largest absolute Gasteiger partial charge is 0.396 e. The summed E-state index contributed by atoms with van der Waals surface area (Å²) in [5.41, 5.74) is 0. The van der Waals surface area contributed by atoms with Gasteiger partial charge in [0.05, 0.1) is 0 Å². The highest BCUT2D eigenvalue weighted by Crippen LogP contribution is 2.30. The van der Waals surface area contributed by atoms with Gasteiger partial charge < -0.3 is 15.7 Å². The monoisotopic (exact) mass is 270 g/mol. The Bertz CT molecular complexity index is 318. The first kappa shape index (κ1) is 16.0. The van der Waals surface area contributed by atoms with E-state index in [1.54, 1.807) is 0 Å². The molecule has 0 aromatic rings. The van der Waals surface area contributed by atoms with Crippen molar-refractivity contribution < 1.29 is 14.7 Å². The Balaban J connectivity index is 2.45. The van der Waals surface area contributed by atoms with Crippen LogP contribution in [0.2, 0.25) is 0 Å². The molecule has 0 bridgehead atoms. The van der Waals surface area contributed by atoms with Crippen LogP contribution in [0.1, 0.15) is 40.0 Å². The summed E-state index contributed by atoms with van der Waals surface area (Å²) in [6.45, 7) is 6.02. The lowest BCUT2D eigenvalue weighted by atomic mass is 9.96. The molecule has 3 N–H and O–H groups in total. The zero-order valence-corrected chi connectivity index (χ0v) is 12.1. The molecule has 0 spiro atoms. The topological polar surface area (TPSA) is 78.4 Å². The van der Waals surface area contributed by atoms with E-state index < -0.39 is 6.04 Å². The van der Waals surface area contributed by atoms with Crippen molar-refractivity contribution in [2.75, 3.05) is 13.2 Å². The molecule has 0 aromatic heterocycles. The van der Waals surface area contributed by atoms with Gasteiger partial charge in [-0.25, -0.2) is 0 Å². The van der Waals surface area contributed by atoms with E-state index in [9.17, 15) is 14.7 Å². The van der Waals surface area contributed by atoms with Gasteiger partial charge in [0.25, 0.3) is 0 Å². The van der Waals surface area contributed by atoms with Crippen LogP contribution in [-0.4, -0.2) is 36.1 Å². The fraction of sp³-hybridized carbons (Fsp3) is 0.857. The van der Waals surface area contributed by atoms with Crippen LogP contribution in [0.25, 0.3) is 0 Å². The maximum atomic E-state index is 12.1. The maximum Gasteiger partial charge on any atom is 0.242 e. The third-order valence-corrected chi connectivity index (χ3v) is 3.90. The van der Waals surface area contributed by atoms with Gasteiger partial charge in [0.15, 0.2) is 0 Å². The summed E-state index contributed by atoms with van der Waals surface area (Å²) in [5, 5.41) is 14.8. The molecule has 1 aliphatic rings. The third-order valence-electron chi connectivity index (χ3n) is 3.90. The van der Waals surface area contributed by atoms with E-state index in [4.69, 9.17) is 0 Å². The zero-order chi connectivity index (χ0) is 14.4. The van der Waals surface area contributed by atoms with Crippen LogP contribution in [0.4, 0.5) is 0 Å². The summed E-state index contributed by atoms with van der Waals surface area (Å²) in [5.74, 6) is 0.399. The Morgan fingerprint density at radius 2 is 1.89 bits per heavy atom. The van der Waals surface area contributed by atoms with Crippen molar-refractivity contribution >= 4 is 11.8 Å². The van der Waals surface area contributed by atoms with Crippen LogP contribution in [0.5, 0.6) is 0 Å². The van der Waals surface area contributed by atoms with Crippen LogP contribution in [0.15, 0.2) is 0 Å². The summed E-state index contributed by atoms with van der Waals surface area (Å²) in [7, 11) is 0. The predicted octanol–water partition coefficient (Wildman–Crippen LogP) is 0.672. The Kier molecular flexibility index (Phi) is 6.28. The number of aliphatic hydroxyl groups is 1. The number of aliphatic hydroxyl groups excluding tert-OH is 1. The standard InChI is InChI=1S/C14H26N2O3/c1-9(2)13(16-10(3)18)14(19)15-7-11-5-4-6-12(11)8-17/h9,11-13,17H,4-8H2,1-3H3,(H,15,19)(H,16,18). The average Bonchev–Trinajstić information content (AvgIpc) is 2.79. The lowest BCUT2D eigenvalue weighted by Crippen LogP contribution is -2.50. The molecule has 110 valence electrons. The molecule has 0 aliphatic heterocycles. The van der Waals surface area contributed by atoms with Gasteiger partial charge in [-0.3, -0.25) is 9.59 Å². The molecule has 5 heteroatoms. The number of rotatable bonds is 6. The molecule has 0 saturated heterocycles. The van der Waals surface area contributed by atoms with Crippen LogP contribution in [0, 0.1) is 17.8 Å². The van der Waals surface area contributed by atoms with Crippen molar-refractivity contribution in [3.05, 3.63) is 0 Å². The van der Waals surface area contributed by atoms with E-state index in [0.29, 0.717) is 18.4 Å². The van der Waals surface area contributed by atoms with Crippen molar-refractivity contribution in [3.8, 4) is 0 Å². The van der Waals surface area contributed by atoms with Gasteiger partial charge in [0, 0.05) is 20.1 Å². The van der Waals surface area contributed by atoms with Crippen LogP contribution in [0.3, 0.4) is 0 Å². The normalized spacial score (nSPS) is 24.3. The number of carbonyl (C=O) groups excluding carboxylic acids is 2. The Labute approximate surface area is 115 Å². The van der Waals surface area contributed by atoms with Gasteiger partial charge in [0.1, 0.15) is 6.04 Å². The van der Waals surface area contributed by atoms with E-state index >= 15 is 0 Å². The lowest BCUT2D eigenvalue weighted by Gasteiger charge is -2.23. The van der Waals surface area contributed by atoms with Crippen molar-refractivity contribution in [1.29, 1.82) is 0 Å². The first-order chi connectivity index (χ1) is 8.95. The number of hydrogen-bond acceptors (Lipinski definition) is 3. The van der Waals surface area contributed by atoms with E-state index in [-0.39, 0.29) is 24.3 Å². The molecule has 1 fully saturated rings. The number of hydrogen-bond donors (Lipinski definition) is 3. The molecule has 0 heterocycles. The molecule has 3 unspecified atom stereocenters. The Morgan fingerprint density at radius 1 is 1.26 bits per heavy atom. The van der Waals surface area contributed by atoms with Crippen LogP contribution < -0.4 is 10.6 Å². The van der Waals surface area contributed by atoms with Crippen molar-refractivity contribution in [1.82, 2.24) is 10.6 Å². The summed E-state index contributed by atoms with van der Waals surface area (Å²) >= 11 is 0. The second-order valence-electron chi connectivity index (χ2n) is 5.80. The smallest absolute Gasteiger partial charge is 0.242 e. The SMILES string of the molecule is CC(=O)NC(C(=O)NCC1CCCC1CO)C(C)C. The highest BCUT2D eigenvalue weighted by molar-refractivity contribution is 5.87. The zero-order valence-electron chi connectivity index (χ0n) is 12.1. The minimum Gasteiger partial charge on any atom is -0.396 e. The summed E-state index contributed by atoms with van der Waals surface area (Å²) in [4.78, 5) is 23.2. The average molecular weight is 270 g/mol. The quantitative estimate of drug-likeness (QED) is 0.664. The summed E-state index contributed by atoms with van der Waals surface area (Å²) in [6.07, 6.45) is 3.21. The molecule has 19 heavy (non-hydrogen) atoms. The van der Waals surface area contributed by atoms with Crippen LogP contribution >= 0.6 is 0 Å². The molecule has 0 aromatic carbocycles. The molecular formula is C14H26N2O3. The molecule has 3 atom stereocenters. The number of carbonyl (C=O) groups is 2. The predicted molar refractivity (Wildman–Crippen MR) is 73.4 cm³/mol.